The lowest BCUT2D eigenvalue weighted by atomic mass is 10.3. The molecule has 0 saturated carbocycles. The van der Waals surface area contributed by atoms with Crippen molar-refractivity contribution in [2.75, 3.05) is 20.3 Å². The van der Waals surface area contributed by atoms with Crippen LogP contribution in [0.15, 0.2) is 0 Å². The van der Waals surface area contributed by atoms with Crippen LogP contribution in [0, 0.1) is 0 Å². The van der Waals surface area contributed by atoms with E-state index in [0.717, 1.165) is 0 Å². The second-order valence-electron chi connectivity index (χ2n) is 2.80. The highest BCUT2D eigenvalue weighted by Crippen LogP contribution is 2.14. The van der Waals surface area contributed by atoms with Crippen molar-refractivity contribution in [2.24, 2.45) is 0 Å². The molecule has 0 spiro atoms. The summed E-state index contributed by atoms with van der Waals surface area (Å²) in [5.41, 5.74) is 0. The average Bonchev–Trinajstić information content (AvgIpc) is 2.20. The molecule has 0 aromatic carbocycles. The van der Waals surface area contributed by atoms with E-state index < -0.39 is 24.8 Å². The van der Waals surface area contributed by atoms with Crippen molar-refractivity contribution in [1.29, 1.82) is 0 Å². The van der Waals surface area contributed by atoms with Gasteiger partial charge in [0.05, 0.1) is 7.11 Å². The molecule has 0 unspecified atom stereocenters. The van der Waals surface area contributed by atoms with Gasteiger partial charge in [-0.25, -0.2) is 4.79 Å². The summed E-state index contributed by atoms with van der Waals surface area (Å²) in [6, 6.07) is 0. The van der Waals surface area contributed by atoms with Crippen LogP contribution in [0.3, 0.4) is 0 Å². The minimum Gasteiger partial charge on any atom is -0.469 e. The van der Waals surface area contributed by atoms with Crippen LogP contribution in [0.4, 0.5) is 18.0 Å². The summed E-state index contributed by atoms with van der Waals surface area (Å²) in [5, 5.41) is 2.07. The summed E-state index contributed by atoms with van der Waals surface area (Å²) in [5.74, 6) is -0.453. The van der Waals surface area contributed by atoms with Crippen molar-refractivity contribution in [2.45, 2.75) is 19.0 Å². The Kier molecular flexibility index (Phi) is 6.28. The van der Waals surface area contributed by atoms with Crippen LogP contribution in [0.2, 0.25) is 0 Å². The number of hydrogen-bond donors (Lipinski definition) is 1. The molecule has 0 aliphatic carbocycles. The van der Waals surface area contributed by atoms with Gasteiger partial charge in [-0.15, -0.1) is 0 Å². The van der Waals surface area contributed by atoms with Crippen LogP contribution < -0.4 is 5.32 Å². The van der Waals surface area contributed by atoms with E-state index in [0.29, 0.717) is 0 Å². The van der Waals surface area contributed by atoms with Gasteiger partial charge in [0.25, 0.3) is 0 Å². The van der Waals surface area contributed by atoms with Gasteiger partial charge in [-0.3, -0.25) is 4.79 Å². The van der Waals surface area contributed by atoms with Crippen LogP contribution in [0.1, 0.15) is 12.8 Å². The van der Waals surface area contributed by atoms with Gasteiger partial charge in [-0.2, -0.15) is 13.2 Å². The lowest BCUT2D eigenvalue weighted by molar-refractivity contribution is -0.160. The highest BCUT2D eigenvalue weighted by atomic mass is 19.4. The van der Waals surface area contributed by atoms with Crippen molar-refractivity contribution < 1.29 is 32.2 Å². The highest BCUT2D eigenvalue weighted by molar-refractivity contribution is 5.69. The van der Waals surface area contributed by atoms with Gasteiger partial charge in [-0.05, 0) is 6.42 Å². The topological polar surface area (TPSA) is 64.6 Å². The molecule has 0 aromatic rings. The average molecular weight is 243 g/mol. The lowest BCUT2D eigenvalue weighted by Crippen LogP contribution is -2.29. The van der Waals surface area contributed by atoms with Gasteiger partial charge < -0.3 is 14.8 Å². The molecule has 16 heavy (non-hydrogen) atoms. The Hall–Kier alpha value is -1.47. The first-order valence-electron chi connectivity index (χ1n) is 4.39. The smallest absolute Gasteiger partial charge is 0.422 e. The number of esters is 1. The highest BCUT2D eigenvalue weighted by Gasteiger charge is 2.29. The summed E-state index contributed by atoms with van der Waals surface area (Å²) in [7, 11) is 1.22. The Morgan fingerprint density at radius 3 is 2.44 bits per heavy atom. The predicted molar refractivity (Wildman–Crippen MR) is 46.7 cm³/mol. The quantitative estimate of drug-likeness (QED) is 0.582. The number of alkyl halides is 3. The van der Waals surface area contributed by atoms with E-state index in [1.807, 2.05) is 0 Å². The fourth-order valence-electron chi connectivity index (χ4n) is 0.724. The third-order valence-corrected chi connectivity index (χ3v) is 1.42. The van der Waals surface area contributed by atoms with Crippen LogP contribution in [-0.2, 0) is 14.3 Å². The normalized spacial score (nSPS) is 10.8. The van der Waals surface area contributed by atoms with E-state index in [2.05, 4.69) is 14.8 Å². The standard InChI is InChI=1S/C8H12F3NO4/c1-15-6(13)3-2-4-12-7(14)16-5-8(9,10)11/h2-5H2,1H3,(H,12,14). The molecular weight excluding hydrogens is 231 g/mol. The number of amides is 1. The molecule has 8 heteroatoms. The van der Waals surface area contributed by atoms with Crippen LogP contribution in [0.5, 0.6) is 0 Å². The Bertz CT molecular complexity index is 242. The maximum Gasteiger partial charge on any atom is 0.422 e. The number of rotatable bonds is 5. The minimum absolute atomic E-state index is 0.0474. The van der Waals surface area contributed by atoms with E-state index in [4.69, 9.17) is 0 Å². The van der Waals surface area contributed by atoms with Crippen molar-refractivity contribution in [3.05, 3.63) is 0 Å². The number of ether oxygens (including phenoxy) is 2. The molecule has 5 nitrogen and oxygen atoms in total. The van der Waals surface area contributed by atoms with Gasteiger partial charge in [0.15, 0.2) is 6.61 Å². The summed E-state index contributed by atoms with van der Waals surface area (Å²) in [4.78, 5) is 21.3. The molecule has 0 bridgehead atoms. The maximum atomic E-state index is 11.6. The molecule has 0 heterocycles. The first-order chi connectivity index (χ1) is 7.35. The second kappa shape index (κ2) is 6.91. The molecule has 0 aliphatic heterocycles. The summed E-state index contributed by atoms with van der Waals surface area (Å²) in [6.45, 7) is -1.58. The minimum atomic E-state index is -4.54. The molecular formula is C8H12F3NO4. The fourth-order valence-corrected chi connectivity index (χ4v) is 0.724. The van der Waals surface area contributed by atoms with E-state index in [9.17, 15) is 22.8 Å². The van der Waals surface area contributed by atoms with E-state index >= 15 is 0 Å². The summed E-state index contributed by atoms with van der Waals surface area (Å²) in [6.07, 6.45) is -5.35. The first kappa shape index (κ1) is 14.5. The zero-order chi connectivity index (χ0) is 12.6. The third-order valence-electron chi connectivity index (χ3n) is 1.42. The summed E-state index contributed by atoms with van der Waals surface area (Å²) >= 11 is 0. The number of carbonyl (C=O) groups excluding carboxylic acids is 2. The van der Waals surface area contributed by atoms with E-state index in [1.165, 1.54) is 7.11 Å². The van der Waals surface area contributed by atoms with Crippen molar-refractivity contribution in [1.82, 2.24) is 5.32 Å². The first-order valence-corrected chi connectivity index (χ1v) is 4.39. The van der Waals surface area contributed by atoms with Gasteiger partial charge in [-0.1, -0.05) is 0 Å². The zero-order valence-corrected chi connectivity index (χ0v) is 8.60. The molecule has 0 atom stereocenters. The molecule has 0 fully saturated rings. The Balaban J connectivity index is 3.48. The largest absolute Gasteiger partial charge is 0.469 e. The fraction of sp³-hybridized carbons (Fsp3) is 0.750. The summed E-state index contributed by atoms with van der Waals surface area (Å²) < 4.78 is 42.9. The molecule has 0 aliphatic rings. The zero-order valence-electron chi connectivity index (χ0n) is 8.60. The van der Waals surface area contributed by atoms with Crippen LogP contribution >= 0.6 is 0 Å². The number of hydrogen-bond acceptors (Lipinski definition) is 4. The molecule has 1 N–H and O–H groups in total. The van der Waals surface area contributed by atoms with E-state index in [1.54, 1.807) is 0 Å². The number of methoxy groups -OCH3 is 1. The van der Waals surface area contributed by atoms with Crippen molar-refractivity contribution in [3.63, 3.8) is 0 Å². The molecule has 1 amide bonds. The van der Waals surface area contributed by atoms with Gasteiger partial charge in [0.1, 0.15) is 0 Å². The van der Waals surface area contributed by atoms with Gasteiger partial charge in [0.2, 0.25) is 0 Å². The van der Waals surface area contributed by atoms with Crippen molar-refractivity contribution >= 4 is 12.1 Å². The Labute approximate surface area is 89.9 Å². The molecule has 94 valence electrons. The monoisotopic (exact) mass is 243 g/mol. The van der Waals surface area contributed by atoms with Crippen LogP contribution in [0.25, 0.3) is 0 Å². The number of halogens is 3. The maximum absolute atomic E-state index is 11.6. The number of alkyl carbamates (subject to hydrolysis) is 1. The Morgan fingerprint density at radius 2 is 1.94 bits per heavy atom. The number of nitrogens with one attached hydrogen (secondary N) is 1. The lowest BCUT2D eigenvalue weighted by Gasteiger charge is -2.08. The SMILES string of the molecule is COC(=O)CCCNC(=O)OCC(F)(F)F. The van der Waals surface area contributed by atoms with Gasteiger partial charge in [0, 0.05) is 13.0 Å². The van der Waals surface area contributed by atoms with Crippen LogP contribution in [-0.4, -0.2) is 38.5 Å². The molecule has 0 aromatic heterocycles. The predicted octanol–water partition coefficient (Wildman–Crippen LogP) is 1.23. The van der Waals surface area contributed by atoms with Gasteiger partial charge >= 0.3 is 18.2 Å². The molecule has 0 saturated heterocycles. The molecule has 0 rings (SSSR count). The number of carbonyl (C=O) groups is 2. The van der Waals surface area contributed by atoms with Crippen molar-refractivity contribution in [3.8, 4) is 0 Å². The second-order valence-corrected chi connectivity index (χ2v) is 2.80. The molecule has 0 radical (unpaired) electrons. The van der Waals surface area contributed by atoms with E-state index in [-0.39, 0.29) is 19.4 Å². The third kappa shape index (κ3) is 9.10. The Morgan fingerprint density at radius 1 is 1.31 bits per heavy atom.